The minimum absolute atomic E-state index is 0.0623. The molecule has 0 amide bonds. The van der Waals surface area contributed by atoms with Crippen LogP contribution in [0.25, 0.3) is 0 Å². The van der Waals surface area contributed by atoms with E-state index >= 15 is 0 Å². The molecule has 10 heteroatoms. The van der Waals surface area contributed by atoms with Crippen LogP contribution < -0.4 is 0 Å². The van der Waals surface area contributed by atoms with Crippen molar-refractivity contribution in [1.82, 2.24) is 0 Å². The smallest absolute Gasteiger partial charge is 0.311 e. The van der Waals surface area contributed by atoms with Gasteiger partial charge in [-0.3, -0.25) is 24.0 Å². The third-order valence-corrected chi connectivity index (χ3v) is 6.29. The predicted octanol–water partition coefficient (Wildman–Crippen LogP) is 3.99. The molecule has 206 valence electrons. The number of hydrogen-bond donors (Lipinski definition) is 2. The number of carboxylic acid groups (broad SMARTS) is 2. The molecule has 1 aromatic rings. The molecule has 10 nitrogen and oxygen atoms in total. The van der Waals surface area contributed by atoms with Crippen LogP contribution in [0, 0.1) is 16.2 Å². The average Bonchev–Trinajstić information content (AvgIpc) is 2.83. The molecule has 0 spiro atoms. The number of ether oxygens (including phenoxy) is 3. The topological polar surface area (TPSA) is 154 Å². The second kappa shape index (κ2) is 13.8. The molecule has 37 heavy (non-hydrogen) atoms. The van der Waals surface area contributed by atoms with Crippen LogP contribution in [0.3, 0.4) is 0 Å². The fourth-order valence-electron chi connectivity index (χ4n) is 4.13. The maximum absolute atomic E-state index is 12.9. The first-order valence-electron chi connectivity index (χ1n) is 12.1. The van der Waals surface area contributed by atoms with Crippen LogP contribution in [0.1, 0.15) is 72.3 Å². The molecule has 2 unspecified atom stereocenters. The Labute approximate surface area is 217 Å². The summed E-state index contributed by atoms with van der Waals surface area (Å²) in [4.78, 5) is 60.1. The summed E-state index contributed by atoms with van der Waals surface area (Å²) in [5.41, 5.74) is -2.99. The van der Waals surface area contributed by atoms with Gasteiger partial charge in [0.25, 0.3) is 0 Å². The van der Waals surface area contributed by atoms with E-state index in [2.05, 4.69) is 0 Å². The molecule has 1 rings (SSSR count). The van der Waals surface area contributed by atoms with Gasteiger partial charge in [-0.1, -0.05) is 37.3 Å². The van der Waals surface area contributed by atoms with Crippen molar-refractivity contribution in [2.24, 2.45) is 16.2 Å². The van der Waals surface area contributed by atoms with E-state index in [1.165, 1.54) is 6.92 Å². The van der Waals surface area contributed by atoms with Crippen molar-refractivity contribution in [1.29, 1.82) is 0 Å². The monoisotopic (exact) mass is 522 g/mol. The third-order valence-electron chi connectivity index (χ3n) is 6.29. The Morgan fingerprint density at radius 2 is 1.35 bits per heavy atom. The van der Waals surface area contributed by atoms with Crippen molar-refractivity contribution in [2.75, 3.05) is 13.2 Å². The quantitative estimate of drug-likeness (QED) is 0.185. The first-order valence-corrected chi connectivity index (χ1v) is 12.1. The first kappa shape index (κ1) is 31.6. The second-order valence-corrected chi connectivity index (χ2v) is 10.3. The Morgan fingerprint density at radius 3 is 1.89 bits per heavy atom. The van der Waals surface area contributed by atoms with Crippen LogP contribution >= 0.6 is 0 Å². The number of hydrogen-bond acceptors (Lipinski definition) is 8. The van der Waals surface area contributed by atoms with Crippen molar-refractivity contribution < 1.29 is 48.4 Å². The van der Waals surface area contributed by atoms with E-state index in [0.717, 1.165) is 5.56 Å². The summed E-state index contributed by atoms with van der Waals surface area (Å²) in [6, 6.07) is 9.13. The standard InChI is InChI=1S/C27H38O10/c1-6-26(4,24(34)36-15-14-35-21(30)13-12-20(28)29)18-27(5,22(31)32)17-25(2,3)23(33)37-16-19-10-8-7-9-11-19/h7-11H,6,12-18H2,1-5H3,(H,28,29)(H,31,32). The summed E-state index contributed by atoms with van der Waals surface area (Å²) in [5.74, 6) is -4.22. The van der Waals surface area contributed by atoms with Gasteiger partial charge in [-0.05, 0) is 52.5 Å². The van der Waals surface area contributed by atoms with E-state index in [9.17, 15) is 29.1 Å². The molecular formula is C27H38O10. The van der Waals surface area contributed by atoms with Crippen LogP contribution in [0.2, 0.25) is 0 Å². The normalized spacial score (nSPS) is 14.5. The highest BCUT2D eigenvalue weighted by atomic mass is 16.6. The molecule has 0 saturated carbocycles. The molecule has 0 saturated heterocycles. The van der Waals surface area contributed by atoms with E-state index in [0.29, 0.717) is 0 Å². The Balaban J connectivity index is 2.80. The molecule has 0 heterocycles. The first-order chi connectivity index (χ1) is 17.1. The van der Waals surface area contributed by atoms with Gasteiger partial charge in [0.05, 0.1) is 29.1 Å². The number of carbonyl (C=O) groups is 5. The maximum atomic E-state index is 12.9. The van der Waals surface area contributed by atoms with Crippen LogP contribution in [0.4, 0.5) is 0 Å². The van der Waals surface area contributed by atoms with Crippen molar-refractivity contribution in [3.63, 3.8) is 0 Å². The van der Waals surface area contributed by atoms with Crippen LogP contribution in [0.15, 0.2) is 30.3 Å². The zero-order valence-corrected chi connectivity index (χ0v) is 22.2. The summed E-state index contributed by atoms with van der Waals surface area (Å²) in [5, 5.41) is 18.7. The van der Waals surface area contributed by atoms with Gasteiger partial charge in [-0.15, -0.1) is 0 Å². The van der Waals surface area contributed by atoms with Gasteiger partial charge in [-0.25, -0.2) is 0 Å². The molecule has 2 atom stereocenters. The van der Waals surface area contributed by atoms with E-state index in [1.807, 2.05) is 30.3 Å². The van der Waals surface area contributed by atoms with Crippen LogP contribution in [-0.2, 0) is 44.8 Å². The molecule has 0 bridgehead atoms. The summed E-state index contributed by atoms with van der Waals surface area (Å²) in [7, 11) is 0. The van der Waals surface area contributed by atoms with Gasteiger partial charge in [0.15, 0.2) is 0 Å². The Bertz CT molecular complexity index is 955. The number of rotatable bonds is 16. The van der Waals surface area contributed by atoms with E-state index < -0.39 is 46.1 Å². The van der Waals surface area contributed by atoms with Crippen molar-refractivity contribution in [3.8, 4) is 0 Å². The lowest BCUT2D eigenvalue weighted by molar-refractivity contribution is -0.167. The Hall–Kier alpha value is -3.43. The SMILES string of the molecule is CCC(C)(CC(C)(CC(C)(C)C(=O)OCc1ccccc1)C(=O)O)C(=O)OCCOC(=O)CCC(=O)O. The van der Waals surface area contributed by atoms with E-state index in [1.54, 1.807) is 27.7 Å². The zero-order chi connectivity index (χ0) is 28.3. The number of esters is 3. The molecule has 0 aliphatic heterocycles. The molecule has 0 radical (unpaired) electrons. The molecule has 2 N–H and O–H groups in total. The highest BCUT2D eigenvalue weighted by Gasteiger charge is 2.49. The summed E-state index contributed by atoms with van der Waals surface area (Å²) >= 11 is 0. The number of aliphatic carboxylic acids is 2. The summed E-state index contributed by atoms with van der Waals surface area (Å²) in [6.07, 6.45) is -0.565. The second-order valence-electron chi connectivity index (χ2n) is 10.3. The molecule has 0 aliphatic carbocycles. The minimum Gasteiger partial charge on any atom is -0.481 e. The number of carbonyl (C=O) groups excluding carboxylic acids is 3. The van der Waals surface area contributed by atoms with Crippen molar-refractivity contribution >= 4 is 29.8 Å². The van der Waals surface area contributed by atoms with Crippen LogP contribution in [-0.4, -0.2) is 53.3 Å². The van der Waals surface area contributed by atoms with Crippen molar-refractivity contribution in [3.05, 3.63) is 35.9 Å². The Morgan fingerprint density at radius 1 is 0.757 bits per heavy atom. The van der Waals surface area contributed by atoms with Gasteiger partial charge in [0.1, 0.15) is 19.8 Å². The lowest BCUT2D eigenvalue weighted by Gasteiger charge is -2.38. The van der Waals surface area contributed by atoms with E-state index in [4.69, 9.17) is 19.3 Å². The van der Waals surface area contributed by atoms with E-state index in [-0.39, 0.29) is 51.9 Å². The summed E-state index contributed by atoms with van der Waals surface area (Å²) < 4.78 is 15.5. The van der Waals surface area contributed by atoms with Crippen molar-refractivity contribution in [2.45, 2.75) is 73.3 Å². The zero-order valence-electron chi connectivity index (χ0n) is 22.2. The molecular weight excluding hydrogens is 484 g/mol. The predicted molar refractivity (Wildman–Crippen MR) is 132 cm³/mol. The number of carboxylic acids is 2. The van der Waals surface area contributed by atoms with Gasteiger partial charge in [-0.2, -0.15) is 0 Å². The number of benzene rings is 1. The lowest BCUT2D eigenvalue weighted by Crippen LogP contribution is -2.43. The molecule has 1 aromatic carbocycles. The molecule has 0 aliphatic rings. The average molecular weight is 523 g/mol. The largest absolute Gasteiger partial charge is 0.481 e. The van der Waals surface area contributed by atoms with Gasteiger partial charge in [0.2, 0.25) is 0 Å². The fraction of sp³-hybridized carbons (Fsp3) is 0.593. The van der Waals surface area contributed by atoms with Crippen LogP contribution in [0.5, 0.6) is 0 Å². The molecule has 0 fully saturated rings. The highest BCUT2D eigenvalue weighted by molar-refractivity contribution is 5.82. The Kier molecular flexibility index (Phi) is 11.8. The van der Waals surface area contributed by atoms with Gasteiger partial charge >= 0.3 is 29.8 Å². The molecule has 0 aromatic heterocycles. The third kappa shape index (κ3) is 10.2. The van der Waals surface area contributed by atoms with Gasteiger partial charge < -0.3 is 24.4 Å². The highest BCUT2D eigenvalue weighted by Crippen LogP contribution is 2.45. The van der Waals surface area contributed by atoms with Gasteiger partial charge in [0, 0.05) is 0 Å². The lowest BCUT2D eigenvalue weighted by atomic mass is 9.65. The maximum Gasteiger partial charge on any atom is 0.311 e. The minimum atomic E-state index is -1.46. The fourth-order valence-corrected chi connectivity index (χ4v) is 4.13. The summed E-state index contributed by atoms with van der Waals surface area (Å²) in [6.45, 7) is 7.60.